The van der Waals surface area contributed by atoms with Crippen LogP contribution in [-0.4, -0.2) is 21.9 Å². The monoisotopic (exact) mass is 296 g/mol. The molecule has 0 fully saturated rings. The number of hydrogen-bond acceptors (Lipinski definition) is 6. The van der Waals surface area contributed by atoms with Gasteiger partial charge in [-0.2, -0.15) is 0 Å². The lowest BCUT2D eigenvalue weighted by molar-refractivity contribution is -0.387. The molecule has 0 saturated heterocycles. The van der Waals surface area contributed by atoms with Crippen LogP contribution in [0.2, 0.25) is 5.02 Å². The second-order valence-electron chi connectivity index (χ2n) is 3.44. The smallest absolute Gasteiger partial charge is 0.343 e. The Balaban J connectivity index is 2.42. The lowest BCUT2D eigenvalue weighted by atomic mass is 10.4. The van der Waals surface area contributed by atoms with E-state index >= 15 is 0 Å². The predicted octanol–water partition coefficient (Wildman–Crippen LogP) is 3.23. The molecule has 0 radical (unpaired) electrons. The normalized spacial score (nSPS) is 10.2. The van der Waals surface area contributed by atoms with E-state index in [1.54, 1.807) is 31.3 Å². The molecular formula is C11H9ClN4O2S. The van der Waals surface area contributed by atoms with Crippen LogP contribution in [0.15, 0.2) is 40.5 Å². The fourth-order valence-corrected chi connectivity index (χ4v) is 2.61. The van der Waals surface area contributed by atoms with E-state index in [-0.39, 0.29) is 16.5 Å². The maximum Gasteiger partial charge on any atom is 0.343 e. The zero-order valence-electron chi connectivity index (χ0n) is 9.83. The zero-order chi connectivity index (χ0) is 13.8. The van der Waals surface area contributed by atoms with Gasteiger partial charge in [0, 0.05) is 17.0 Å². The van der Waals surface area contributed by atoms with E-state index in [0.29, 0.717) is 5.02 Å². The van der Waals surface area contributed by atoms with Gasteiger partial charge in [-0.3, -0.25) is 10.1 Å². The quantitative estimate of drug-likeness (QED) is 0.530. The van der Waals surface area contributed by atoms with E-state index in [1.807, 2.05) is 0 Å². The van der Waals surface area contributed by atoms with Crippen molar-refractivity contribution in [2.24, 2.45) is 0 Å². The zero-order valence-corrected chi connectivity index (χ0v) is 11.4. The largest absolute Gasteiger partial charge is 0.367 e. The van der Waals surface area contributed by atoms with Crippen molar-refractivity contribution in [1.82, 2.24) is 9.97 Å². The van der Waals surface area contributed by atoms with E-state index in [9.17, 15) is 10.1 Å². The summed E-state index contributed by atoms with van der Waals surface area (Å²) in [7, 11) is 1.57. The summed E-state index contributed by atoms with van der Waals surface area (Å²) < 4.78 is 0. The number of nitrogens with one attached hydrogen (secondary N) is 1. The first kappa shape index (κ1) is 13.6. The van der Waals surface area contributed by atoms with Gasteiger partial charge in [0.15, 0.2) is 5.03 Å². The summed E-state index contributed by atoms with van der Waals surface area (Å²) in [6.45, 7) is 0. The highest BCUT2D eigenvalue weighted by atomic mass is 35.5. The Morgan fingerprint density at radius 3 is 2.84 bits per heavy atom. The van der Waals surface area contributed by atoms with Crippen molar-refractivity contribution in [3.63, 3.8) is 0 Å². The van der Waals surface area contributed by atoms with Crippen molar-refractivity contribution in [3.8, 4) is 0 Å². The van der Waals surface area contributed by atoms with E-state index in [0.717, 1.165) is 4.90 Å². The summed E-state index contributed by atoms with van der Waals surface area (Å²) in [5.41, 5.74) is -0.144. The van der Waals surface area contributed by atoms with Crippen LogP contribution < -0.4 is 5.32 Å². The number of rotatable bonds is 4. The van der Waals surface area contributed by atoms with E-state index < -0.39 is 4.92 Å². The summed E-state index contributed by atoms with van der Waals surface area (Å²) in [5, 5.41) is 14.6. The molecule has 1 N–H and O–H groups in total. The molecule has 8 heteroatoms. The first-order valence-corrected chi connectivity index (χ1v) is 6.42. The van der Waals surface area contributed by atoms with Crippen LogP contribution in [-0.2, 0) is 0 Å². The first-order valence-electron chi connectivity index (χ1n) is 5.22. The van der Waals surface area contributed by atoms with E-state index in [2.05, 4.69) is 15.3 Å². The number of nitro groups is 1. The Labute approximate surface area is 118 Å². The molecule has 1 aromatic carbocycles. The topological polar surface area (TPSA) is 81.0 Å². The van der Waals surface area contributed by atoms with Crippen LogP contribution in [0.25, 0.3) is 0 Å². The van der Waals surface area contributed by atoms with Gasteiger partial charge in [-0.1, -0.05) is 29.4 Å². The van der Waals surface area contributed by atoms with Gasteiger partial charge in [-0.25, -0.2) is 9.97 Å². The first-order chi connectivity index (χ1) is 9.11. The fourth-order valence-electron chi connectivity index (χ4n) is 1.43. The molecule has 19 heavy (non-hydrogen) atoms. The van der Waals surface area contributed by atoms with Gasteiger partial charge in [0.2, 0.25) is 5.82 Å². The Kier molecular flexibility index (Phi) is 4.18. The Hall–Kier alpha value is -1.86. The van der Waals surface area contributed by atoms with E-state index in [1.165, 1.54) is 18.1 Å². The number of halogens is 1. The molecule has 0 bridgehead atoms. The van der Waals surface area contributed by atoms with Crippen LogP contribution in [0.1, 0.15) is 0 Å². The molecule has 1 heterocycles. The van der Waals surface area contributed by atoms with Crippen molar-refractivity contribution in [3.05, 3.63) is 45.7 Å². The van der Waals surface area contributed by atoms with Crippen molar-refractivity contribution in [1.29, 1.82) is 0 Å². The maximum atomic E-state index is 11.1. The molecule has 1 aromatic heterocycles. The highest BCUT2D eigenvalue weighted by molar-refractivity contribution is 7.99. The molecule has 0 aliphatic rings. The molecule has 2 aromatic rings. The lowest BCUT2D eigenvalue weighted by Gasteiger charge is -2.05. The highest BCUT2D eigenvalue weighted by Crippen LogP contribution is 2.36. The molecule has 0 atom stereocenters. The molecule has 6 nitrogen and oxygen atoms in total. The van der Waals surface area contributed by atoms with Crippen LogP contribution in [0.4, 0.5) is 11.5 Å². The van der Waals surface area contributed by atoms with Gasteiger partial charge in [-0.05, 0) is 18.2 Å². The van der Waals surface area contributed by atoms with Crippen molar-refractivity contribution < 1.29 is 4.92 Å². The molecule has 0 saturated carbocycles. The van der Waals surface area contributed by atoms with Crippen LogP contribution >= 0.6 is 23.4 Å². The average molecular weight is 297 g/mol. The van der Waals surface area contributed by atoms with E-state index in [4.69, 9.17) is 11.6 Å². The number of hydrogen-bond donors (Lipinski definition) is 1. The van der Waals surface area contributed by atoms with Crippen molar-refractivity contribution in [2.75, 3.05) is 12.4 Å². The summed E-state index contributed by atoms with van der Waals surface area (Å²) >= 11 is 7.05. The number of aromatic nitrogens is 2. The molecule has 98 valence electrons. The third-order valence-electron chi connectivity index (χ3n) is 2.22. The molecular weight excluding hydrogens is 288 g/mol. The third-order valence-corrected chi connectivity index (χ3v) is 3.44. The molecule has 0 spiro atoms. The van der Waals surface area contributed by atoms with Gasteiger partial charge in [-0.15, -0.1) is 0 Å². The molecule has 0 unspecified atom stereocenters. The number of anilines is 1. The minimum atomic E-state index is -0.501. The molecule has 0 aliphatic carbocycles. The minimum Gasteiger partial charge on any atom is -0.367 e. The van der Waals surface area contributed by atoms with Gasteiger partial charge < -0.3 is 5.32 Å². The fraction of sp³-hybridized carbons (Fsp3) is 0.0909. The summed E-state index contributed by atoms with van der Waals surface area (Å²) in [6, 6.07) is 7.04. The minimum absolute atomic E-state index is 0.144. The predicted molar refractivity (Wildman–Crippen MR) is 73.8 cm³/mol. The standard InChI is InChI=1S/C11H9ClN4O2S/c1-13-10-9(16(17)18)11(15-6-14-10)19-8-4-2-3-7(12)5-8/h2-6H,1H3,(H,13,14,15). The summed E-state index contributed by atoms with van der Waals surface area (Å²) in [4.78, 5) is 19.2. The highest BCUT2D eigenvalue weighted by Gasteiger charge is 2.22. The third kappa shape index (κ3) is 3.12. The lowest BCUT2D eigenvalue weighted by Crippen LogP contribution is -2.02. The Morgan fingerprint density at radius 2 is 2.21 bits per heavy atom. The number of benzene rings is 1. The van der Waals surface area contributed by atoms with Crippen LogP contribution in [0, 0.1) is 10.1 Å². The van der Waals surface area contributed by atoms with Crippen LogP contribution in [0.5, 0.6) is 0 Å². The van der Waals surface area contributed by atoms with Crippen LogP contribution in [0.3, 0.4) is 0 Å². The molecule has 2 rings (SSSR count). The molecule has 0 amide bonds. The second kappa shape index (κ2) is 5.85. The van der Waals surface area contributed by atoms with Crippen molar-refractivity contribution in [2.45, 2.75) is 9.92 Å². The summed E-state index contributed by atoms with van der Waals surface area (Å²) in [6.07, 6.45) is 1.28. The molecule has 0 aliphatic heterocycles. The number of nitrogens with zero attached hydrogens (tertiary/aromatic N) is 3. The second-order valence-corrected chi connectivity index (χ2v) is 4.94. The van der Waals surface area contributed by atoms with Crippen molar-refractivity contribution >= 4 is 34.9 Å². The van der Waals surface area contributed by atoms with Gasteiger partial charge >= 0.3 is 5.69 Å². The van der Waals surface area contributed by atoms with Gasteiger partial charge in [0.1, 0.15) is 6.33 Å². The maximum absolute atomic E-state index is 11.1. The average Bonchev–Trinajstić information content (AvgIpc) is 2.38. The Bertz CT molecular complexity index is 623. The van der Waals surface area contributed by atoms with Gasteiger partial charge in [0.25, 0.3) is 0 Å². The SMILES string of the molecule is CNc1ncnc(Sc2cccc(Cl)c2)c1[N+](=O)[O-]. The van der Waals surface area contributed by atoms with Gasteiger partial charge in [0.05, 0.1) is 4.92 Å². The Morgan fingerprint density at radius 1 is 1.42 bits per heavy atom. The summed E-state index contributed by atoms with van der Waals surface area (Å²) in [5.74, 6) is 0.185.